The summed E-state index contributed by atoms with van der Waals surface area (Å²) >= 11 is 0. The molecule has 0 unspecified atom stereocenters. The molecule has 2 heterocycles. The highest BCUT2D eigenvalue weighted by Crippen LogP contribution is 2.40. The topological polar surface area (TPSA) is 77.4 Å². The molecule has 0 aromatic heterocycles. The van der Waals surface area contributed by atoms with E-state index < -0.39 is 5.60 Å². The number of amides is 1. The Bertz CT molecular complexity index is 594. The van der Waals surface area contributed by atoms with Gasteiger partial charge < -0.3 is 19.2 Å². The Labute approximate surface area is 161 Å². The van der Waals surface area contributed by atoms with Crippen LogP contribution < -0.4 is 0 Å². The largest absolute Gasteiger partial charge is 0.469 e. The van der Waals surface area contributed by atoms with Crippen molar-refractivity contribution < 1.29 is 23.9 Å². The van der Waals surface area contributed by atoms with Gasteiger partial charge in [0.25, 0.3) is 0 Å². The Morgan fingerprint density at radius 2 is 1.78 bits per heavy atom. The summed E-state index contributed by atoms with van der Waals surface area (Å²) in [5, 5.41) is 4.42. The van der Waals surface area contributed by atoms with E-state index in [1.54, 1.807) is 4.90 Å². The second-order valence-electron chi connectivity index (χ2n) is 9.07. The number of rotatable bonds is 2. The van der Waals surface area contributed by atoms with Crippen molar-refractivity contribution in [1.82, 2.24) is 4.90 Å². The van der Waals surface area contributed by atoms with Crippen LogP contribution in [0.5, 0.6) is 0 Å². The zero-order valence-electron chi connectivity index (χ0n) is 17.0. The fourth-order valence-corrected chi connectivity index (χ4v) is 4.29. The molecular formula is C20H32N2O5. The van der Waals surface area contributed by atoms with Crippen LogP contribution in [-0.4, -0.2) is 54.1 Å². The molecule has 7 heteroatoms. The quantitative estimate of drug-likeness (QED) is 0.685. The van der Waals surface area contributed by atoms with E-state index in [9.17, 15) is 9.59 Å². The minimum Gasteiger partial charge on any atom is -0.469 e. The van der Waals surface area contributed by atoms with Gasteiger partial charge in [-0.3, -0.25) is 4.79 Å². The molecule has 3 rings (SSSR count). The van der Waals surface area contributed by atoms with Crippen LogP contribution in [-0.2, 0) is 19.1 Å². The number of carbonyl (C=O) groups excluding carboxylic acids is 2. The Balaban J connectivity index is 1.47. The average molecular weight is 380 g/mol. The lowest BCUT2D eigenvalue weighted by atomic mass is 9.76. The van der Waals surface area contributed by atoms with Gasteiger partial charge in [-0.1, -0.05) is 5.16 Å². The summed E-state index contributed by atoms with van der Waals surface area (Å²) in [7, 11) is 1.46. The van der Waals surface area contributed by atoms with Crippen molar-refractivity contribution in [2.45, 2.75) is 76.9 Å². The van der Waals surface area contributed by atoms with Gasteiger partial charge in [0, 0.05) is 38.3 Å². The summed E-state index contributed by atoms with van der Waals surface area (Å²) in [6.45, 7) is 6.90. The number of esters is 1. The van der Waals surface area contributed by atoms with Gasteiger partial charge in [-0.2, -0.15) is 0 Å². The average Bonchev–Trinajstić information content (AvgIpc) is 3.04. The van der Waals surface area contributed by atoms with Crippen LogP contribution in [0.3, 0.4) is 0 Å². The van der Waals surface area contributed by atoms with Gasteiger partial charge in [-0.25, -0.2) is 4.79 Å². The molecule has 0 atom stereocenters. The first-order valence-corrected chi connectivity index (χ1v) is 10.0. The first-order chi connectivity index (χ1) is 12.7. The summed E-state index contributed by atoms with van der Waals surface area (Å²) in [6, 6.07) is 0. The van der Waals surface area contributed by atoms with E-state index >= 15 is 0 Å². The van der Waals surface area contributed by atoms with E-state index in [4.69, 9.17) is 14.3 Å². The van der Waals surface area contributed by atoms with Crippen molar-refractivity contribution in [3.8, 4) is 0 Å². The van der Waals surface area contributed by atoms with Gasteiger partial charge in [-0.15, -0.1) is 0 Å². The smallest absolute Gasteiger partial charge is 0.410 e. The van der Waals surface area contributed by atoms with Gasteiger partial charge in [-0.05, 0) is 46.5 Å². The van der Waals surface area contributed by atoms with Crippen LogP contribution in [0.2, 0.25) is 0 Å². The summed E-state index contributed by atoms with van der Waals surface area (Å²) in [5.74, 6) is 0.332. The lowest BCUT2D eigenvalue weighted by Crippen LogP contribution is -2.48. The highest BCUT2D eigenvalue weighted by Gasteiger charge is 2.45. The molecule has 0 N–H and O–H groups in total. The second kappa shape index (κ2) is 7.68. The lowest BCUT2D eigenvalue weighted by molar-refractivity contribution is -0.146. The molecule has 1 saturated heterocycles. The van der Waals surface area contributed by atoms with Gasteiger partial charge in [0.2, 0.25) is 0 Å². The standard InChI is InChI=1S/C20H32N2O5/c1-19(2,3)26-18(24)22-11-9-20(10-12-22)13-16(21-27-20)14-5-7-15(8-6-14)17(23)25-4/h14-15H,5-13H2,1-4H3/t14-,15-. The normalized spacial score (nSPS) is 27.7. The predicted molar refractivity (Wildman–Crippen MR) is 100 cm³/mol. The molecule has 3 aliphatic rings. The Hall–Kier alpha value is -1.79. The Kier molecular flexibility index (Phi) is 5.68. The van der Waals surface area contributed by atoms with E-state index in [1.165, 1.54) is 7.11 Å². The number of ether oxygens (including phenoxy) is 2. The van der Waals surface area contributed by atoms with Crippen molar-refractivity contribution in [1.29, 1.82) is 0 Å². The van der Waals surface area contributed by atoms with Gasteiger partial charge >= 0.3 is 12.1 Å². The number of likely N-dealkylation sites (tertiary alicyclic amines) is 1. The van der Waals surface area contributed by atoms with Crippen LogP contribution in [0, 0.1) is 11.8 Å². The van der Waals surface area contributed by atoms with Gasteiger partial charge in [0.1, 0.15) is 11.2 Å². The molecule has 2 fully saturated rings. The molecule has 0 aromatic carbocycles. The second-order valence-corrected chi connectivity index (χ2v) is 9.07. The lowest BCUT2D eigenvalue weighted by Gasteiger charge is -2.38. The number of oxime groups is 1. The first kappa shape index (κ1) is 20.0. The van der Waals surface area contributed by atoms with Gasteiger partial charge in [0.05, 0.1) is 18.7 Å². The monoisotopic (exact) mass is 380 g/mol. The van der Waals surface area contributed by atoms with E-state index in [0.29, 0.717) is 19.0 Å². The van der Waals surface area contributed by atoms with E-state index in [1.807, 2.05) is 20.8 Å². The van der Waals surface area contributed by atoms with E-state index in [0.717, 1.165) is 50.7 Å². The van der Waals surface area contributed by atoms with Crippen molar-refractivity contribution in [2.75, 3.05) is 20.2 Å². The molecule has 0 aromatic rings. The minimum atomic E-state index is -0.477. The maximum absolute atomic E-state index is 12.2. The van der Waals surface area contributed by atoms with Crippen LogP contribution in [0.1, 0.15) is 65.7 Å². The first-order valence-electron chi connectivity index (χ1n) is 10.0. The maximum Gasteiger partial charge on any atom is 0.410 e. The summed E-state index contributed by atoms with van der Waals surface area (Å²) in [5.41, 5.74) is 0.381. The van der Waals surface area contributed by atoms with Crippen LogP contribution in [0.4, 0.5) is 4.79 Å². The number of piperidine rings is 1. The van der Waals surface area contributed by atoms with Crippen LogP contribution in [0.25, 0.3) is 0 Å². The van der Waals surface area contributed by atoms with E-state index in [2.05, 4.69) is 5.16 Å². The van der Waals surface area contributed by atoms with Crippen molar-refractivity contribution >= 4 is 17.8 Å². The fraction of sp³-hybridized carbons (Fsp3) is 0.850. The molecule has 27 heavy (non-hydrogen) atoms. The number of methoxy groups -OCH3 is 1. The predicted octanol–water partition coefficient (Wildman–Crippen LogP) is 3.51. The molecule has 1 amide bonds. The zero-order valence-corrected chi connectivity index (χ0v) is 17.0. The minimum absolute atomic E-state index is 0.0280. The summed E-state index contributed by atoms with van der Waals surface area (Å²) < 4.78 is 10.3. The molecule has 1 aliphatic carbocycles. The van der Waals surface area contributed by atoms with Crippen molar-refractivity contribution in [2.24, 2.45) is 17.0 Å². The third kappa shape index (κ3) is 4.74. The molecule has 0 radical (unpaired) electrons. The van der Waals surface area contributed by atoms with Crippen LogP contribution in [0.15, 0.2) is 5.16 Å². The molecular weight excluding hydrogens is 348 g/mol. The molecule has 1 spiro atoms. The highest BCUT2D eigenvalue weighted by atomic mass is 16.7. The number of nitrogens with zero attached hydrogens (tertiary/aromatic N) is 2. The van der Waals surface area contributed by atoms with Crippen LogP contribution >= 0.6 is 0 Å². The maximum atomic E-state index is 12.2. The molecule has 7 nitrogen and oxygen atoms in total. The summed E-state index contributed by atoms with van der Waals surface area (Å²) in [4.78, 5) is 31.6. The zero-order chi connectivity index (χ0) is 19.7. The van der Waals surface area contributed by atoms with Crippen molar-refractivity contribution in [3.05, 3.63) is 0 Å². The fourth-order valence-electron chi connectivity index (χ4n) is 4.29. The summed E-state index contributed by atoms with van der Waals surface area (Å²) in [6.07, 6.45) is 5.77. The molecule has 2 aliphatic heterocycles. The SMILES string of the molecule is COC(=O)[C@H]1CC[C@H](C2=NOC3(CCN(C(=O)OC(C)(C)C)CC3)C2)CC1. The van der Waals surface area contributed by atoms with E-state index in [-0.39, 0.29) is 23.6 Å². The Morgan fingerprint density at radius 1 is 1.15 bits per heavy atom. The highest BCUT2D eigenvalue weighted by molar-refractivity contribution is 5.88. The molecule has 1 saturated carbocycles. The molecule has 0 bridgehead atoms. The third-order valence-corrected chi connectivity index (χ3v) is 5.92. The third-order valence-electron chi connectivity index (χ3n) is 5.92. The molecule has 152 valence electrons. The van der Waals surface area contributed by atoms with Gasteiger partial charge in [0.15, 0.2) is 0 Å². The number of carbonyl (C=O) groups is 2. The Morgan fingerprint density at radius 3 is 2.33 bits per heavy atom. The number of hydrogen-bond donors (Lipinski definition) is 0. The number of hydrogen-bond acceptors (Lipinski definition) is 6. The van der Waals surface area contributed by atoms with Crippen molar-refractivity contribution in [3.63, 3.8) is 0 Å².